The molecular formula is C17H26N2O3. The van der Waals surface area contributed by atoms with Crippen LogP contribution in [0.5, 0.6) is 11.5 Å². The second-order valence-corrected chi connectivity index (χ2v) is 5.58. The fraction of sp³-hybridized carbons (Fsp3) is 0.588. The summed E-state index contributed by atoms with van der Waals surface area (Å²) in [6.07, 6.45) is 2.17. The van der Waals surface area contributed by atoms with Crippen LogP contribution in [0.15, 0.2) is 18.2 Å². The minimum absolute atomic E-state index is 0.0492. The minimum atomic E-state index is -0.0919. The van der Waals surface area contributed by atoms with Crippen molar-refractivity contribution in [3.63, 3.8) is 0 Å². The number of hydrogen-bond acceptors (Lipinski definition) is 4. The van der Waals surface area contributed by atoms with Gasteiger partial charge in [-0.2, -0.15) is 0 Å². The van der Waals surface area contributed by atoms with Crippen LogP contribution < -0.4 is 15.2 Å². The van der Waals surface area contributed by atoms with E-state index in [0.717, 1.165) is 24.9 Å². The Balaban J connectivity index is 2.35. The number of nitrogens with zero attached hydrogens (tertiary/aromatic N) is 1. The molecule has 22 heavy (non-hydrogen) atoms. The molecule has 1 fully saturated rings. The van der Waals surface area contributed by atoms with Gasteiger partial charge in [0.2, 0.25) is 5.91 Å². The summed E-state index contributed by atoms with van der Waals surface area (Å²) in [6.45, 7) is 5.32. The Bertz CT molecular complexity index is 519. The quantitative estimate of drug-likeness (QED) is 0.877. The first-order chi connectivity index (χ1) is 10.6. The molecule has 0 spiro atoms. The summed E-state index contributed by atoms with van der Waals surface area (Å²) < 4.78 is 11.0. The van der Waals surface area contributed by atoms with E-state index in [0.29, 0.717) is 24.5 Å². The number of rotatable bonds is 6. The first-order valence-corrected chi connectivity index (χ1v) is 7.98. The van der Waals surface area contributed by atoms with Gasteiger partial charge in [-0.25, -0.2) is 0 Å². The van der Waals surface area contributed by atoms with Crippen LogP contribution in [0.2, 0.25) is 0 Å². The lowest BCUT2D eigenvalue weighted by Gasteiger charge is -2.40. The molecule has 1 heterocycles. The summed E-state index contributed by atoms with van der Waals surface area (Å²) in [7, 11) is 1.62. The van der Waals surface area contributed by atoms with Gasteiger partial charge in [0.05, 0.1) is 19.8 Å². The fourth-order valence-corrected chi connectivity index (χ4v) is 3.05. The largest absolute Gasteiger partial charge is 0.493 e. The number of nitrogens with two attached hydrogens (primary N) is 1. The smallest absolute Gasteiger partial charge is 0.223 e. The summed E-state index contributed by atoms with van der Waals surface area (Å²) in [6, 6.07) is 5.68. The first-order valence-electron chi connectivity index (χ1n) is 7.98. The van der Waals surface area contributed by atoms with Crippen molar-refractivity contribution in [2.45, 2.75) is 45.2 Å². The maximum Gasteiger partial charge on any atom is 0.223 e. The van der Waals surface area contributed by atoms with Crippen molar-refractivity contribution in [1.29, 1.82) is 0 Å². The van der Waals surface area contributed by atoms with Crippen LogP contribution in [-0.4, -0.2) is 37.1 Å². The van der Waals surface area contributed by atoms with Gasteiger partial charge in [-0.1, -0.05) is 13.0 Å². The molecule has 0 bridgehead atoms. The normalized spacial score (nSPS) is 21.8. The zero-order chi connectivity index (χ0) is 16.1. The van der Waals surface area contributed by atoms with E-state index in [1.54, 1.807) is 7.11 Å². The molecule has 2 atom stereocenters. The Hall–Kier alpha value is -1.75. The molecule has 122 valence electrons. The van der Waals surface area contributed by atoms with E-state index in [2.05, 4.69) is 6.92 Å². The number of likely N-dealkylation sites (tertiary alicyclic amines) is 1. The number of benzene rings is 1. The number of hydrogen-bond donors (Lipinski definition) is 1. The highest BCUT2D eigenvalue weighted by atomic mass is 16.5. The third kappa shape index (κ3) is 3.35. The molecule has 0 aromatic heterocycles. The van der Waals surface area contributed by atoms with Gasteiger partial charge < -0.3 is 20.1 Å². The van der Waals surface area contributed by atoms with Gasteiger partial charge in [0.15, 0.2) is 11.5 Å². The highest BCUT2D eigenvalue weighted by Crippen LogP contribution is 2.36. The average Bonchev–Trinajstić information content (AvgIpc) is 2.52. The van der Waals surface area contributed by atoms with Crippen LogP contribution in [0.4, 0.5) is 0 Å². The Morgan fingerprint density at radius 3 is 2.73 bits per heavy atom. The van der Waals surface area contributed by atoms with Crippen molar-refractivity contribution in [1.82, 2.24) is 4.90 Å². The van der Waals surface area contributed by atoms with Gasteiger partial charge in [0, 0.05) is 19.0 Å². The van der Waals surface area contributed by atoms with Gasteiger partial charge in [-0.05, 0) is 37.5 Å². The van der Waals surface area contributed by atoms with Crippen molar-refractivity contribution in [2.24, 2.45) is 5.73 Å². The predicted molar refractivity (Wildman–Crippen MR) is 86.1 cm³/mol. The molecular weight excluding hydrogens is 280 g/mol. The van der Waals surface area contributed by atoms with E-state index in [1.165, 1.54) is 0 Å². The number of methoxy groups -OCH3 is 1. The topological polar surface area (TPSA) is 64.8 Å². The van der Waals surface area contributed by atoms with Gasteiger partial charge in [0.1, 0.15) is 0 Å². The molecule has 0 aliphatic carbocycles. The number of piperidine rings is 1. The molecule has 1 aliphatic heterocycles. The lowest BCUT2D eigenvalue weighted by atomic mass is 9.90. The number of amides is 1. The lowest BCUT2D eigenvalue weighted by molar-refractivity contribution is -0.137. The summed E-state index contributed by atoms with van der Waals surface area (Å²) in [5, 5.41) is 0. The maximum absolute atomic E-state index is 12.3. The SMILES string of the molecule is CCCN1C(=O)CCC(N)C1c1ccc(OCC)c(OC)c1. The zero-order valence-electron chi connectivity index (χ0n) is 13.7. The van der Waals surface area contributed by atoms with Crippen LogP contribution >= 0.6 is 0 Å². The van der Waals surface area contributed by atoms with Crippen molar-refractivity contribution < 1.29 is 14.3 Å². The monoisotopic (exact) mass is 306 g/mol. The first kappa shape index (κ1) is 16.6. The van der Waals surface area contributed by atoms with Crippen LogP contribution in [0.3, 0.4) is 0 Å². The van der Waals surface area contributed by atoms with Gasteiger partial charge in [-0.15, -0.1) is 0 Å². The third-order valence-electron chi connectivity index (χ3n) is 4.05. The minimum Gasteiger partial charge on any atom is -0.493 e. The van der Waals surface area contributed by atoms with Crippen LogP contribution in [-0.2, 0) is 4.79 Å². The molecule has 2 unspecified atom stereocenters. The van der Waals surface area contributed by atoms with Crippen LogP contribution in [0.1, 0.15) is 44.7 Å². The molecule has 2 N–H and O–H groups in total. The van der Waals surface area contributed by atoms with E-state index >= 15 is 0 Å². The maximum atomic E-state index is 12.3. The third-order valence-corrected chi connectivity index (χ3v) is 4.05. The highest BCUT2D eigenvalue weighted by molar-refractivity contribution is 5.78. The molecule has 1 aromatic rings. The summed E-state index contributed by atoms with van der Waals surface area (Å²) >= 11 is 0. The molecule has 2 rings (SSSR count). The molecule has 1 saturated heterocycles. The van der Waals surface area contributed by atoms with Crippen LogP contribution in [0.25, 0.3) is 0 Å². The fourth-order valence-electron chi connectivity index (χ4n) is 3.05. The van der Waals surface area contributed by atoms with Gasteiger partial charge in [0.25, 0.3) is 0 Å². The number of carbonyl (C=O) groups is 1. The second kappa shape index (κ2) is 7.49. The van der Waals surface area contributed by atoms with Crippen molar-refractivity contribution in [3.8, 4) is 11.5 Å². The Labute approximate surface area is 132 Å². The Kier molecular flexibility index (Phi) is 5.66. The Morgan fingerprint density at radius 1 is 1.32 bits per heavy atom. The molecule has 0 saturated carbocycles. The highest BCUT2D eigenvalue weighted by Gasteiger charge is 2.34. The summed E-state index contributed by atoms with van der Waals surface area (Å²) in [5.41, 5.74) is 7.32. The van der Waals surface area contributed by atoms with E-state index in [4.69, 9.17) is 15.2 Å². The molecule has 5 nitrogen and oxygen atoms in total. The van der Waals surface area contributed by atoms with Crippen molar-refractivity contribution in [2.75, 3.05) is 20.3 Å². The molecule has 0 radical (unpaired) electrons. The van der Waals surface area contributed by atoms with Crippen LogP contribution in [0, 0.1) is 0 Å². The van der Waals surface area contributed by atoms with E-state index in [-0.39, 0.29) is 18.0 Å². The van der Waals surface area contributed by atoms with Crippen molar-refractivity contribution in [3.05, 3.63) is 23.8 Å². The number of ether oxygens (including phenoxy) is 2. The van der Waals surface area contributed by atoms with Gasteiger partial charge >= 0.3 is 0 Å². The summed E-state index contributed by atoms with van der Waals surface area (Å²) in [5.74, 6) is 1.58. The predicted octanol–water partition coefficient (Wildman–Crippen LogP) is 2.49. The van der Waals surface area contributed by atoms with E-state index in [9.17, 15) is 4.79 Å². The Morgan fingerprint density at radius 2 is 2.09 bits per heavy atom. The average molecular weight is 306 g/mol. The van der Waals surface area contributed by atoms with Gasteiger partial charge in [-0.3, -0.25) is 4.79 Å². The lowest BCUT2D eigenvalue weighted by Crippen LogP contribution is -2.49. The standard InChI is InChI=1S/C17H26N2O3/c1-4-10-19-16(20)9-7-13(18)17(19)12-6-8-14(22-5-2)15(11-12)21-3/h6,8,11,13,17H,4-5,7,9-10,18H2,1-3H3. The van der Waals surface area contributed by atoms with E-state index < -0.39 is 0 Å². The van der Waals surface area contributed by atoms with E-state index in [1.807, 2.05) is 30.0 Å². The number of carbonyl (C=O) groups excluding carboxylic acids is 1. The second-order valence-electron chi connectivity index (χ2n) is 5.58. The molecule has 1 amide bonds. The summed E-state index contributed by atoms with van der Waals surface area (Å²) in [4.78, 5) is 14.2. The molecule has 1 aliphatic rings. The van der Waals surface area contributed by atoms with Crippen molar-refractivity contribution >= 4 is 5.91 Å². The molecule has 5 heteroatoms. The zero-order valence-corrected chi connectivity index (χ0v) is 13.7. The molecule has 1 aromatic carbocycles.